The predicted molar refractivity (Wildman–Crippen MR) is 150 cm³/mol. The van der Waals surface area contributed by atoms with Crippen LogP contribution in [0.5, 0.6) is 17.2 Å². The summed E-state index contributed by atoms with van der Waals surface area (Å²) in [5, 5.41) is 15.6. The topological polar surface area (TPSA) is 137 Å². The summed E-state index contributed by atoms with van der Waals surface area (Å²) in [6, 6.07) is 24.5. The summed E-state index contributed by atoms with van der Waals surface area (Å²) in [5.74, 6) is -0.902. The van der Waals surface area contributed by atoms with Crippen molar-refractivity contribution >= 4 is 45.6 Å². The van der Waals surface area contributed by atoms with Crippen molar-refractivity contribution in [3.63, 3.8) is 0 Å². The Kier molecular flexibility index (Phi) is 7.77. The molecule has 0 bridgehead atoms. The summed E-state index contributed by atoms with van der Waals surface area (Å²) >= 11 is 0. The first kappa shape index (κ1) is 27.1. The second-order valence-corrected chi connectivity index (χ2v) is 9.27. The van der Waals surface area contributed by atoms with Gasteiger partial charge in [0.15, 0.2) is 6.61 Å². The van der Waals surface area contributed by atoms with Gasteiger partial charge in [-0.25, -0.2) is 0 Å². The van der Waals surface area contributed by atoms with E-state index >= 15 is 0 Å². The number of carbonyl (C=O) groups is 3. The SMILES string of the molecule is COc1ccc([N+](=O)[O-])c(NC(=O)COC(=O)[C@H]2CC(=O)N(c3ccc(Oc4cccc5ccccc45)cc3)C2)c1. The average molecular weight is 556 g/mol. The maximum absolute atomic E-state index is 12.7. The molecule has 2 amide bonds. The van der Waals surface area contributed by atoms with Crippen LogP contribution in [0.15, 0.2) is 84.9 Å². The number of nitro groups is 1. The van der Waals surface area contributed by atoms with Crippen molar-refractivity contribution in [3.8, 4) is 17.2 Å². The molecule has 1 saturated heterocycles. The lowest BCUT2D eigenvalue weighted by molar-refractivity contribution is -0.383. The molecule has 41 heavy (non-hydrogen) atoms. The molecule has 11 nitrogen and oxygen atoms in total. The molecule has 5 rings (SSSR count). The zero-order chi connectivity index (χ0) is 28.9. The summed E-state index contributed by atoms with van der Waals surface area (Å²) in [5.41, 5.74) is 0.167. The minimum Gasteiger partial charge on any atom is -0.497 e. The number of methoxy groups -OCH3 is 1. The van der Waals surface area contributed by atoms with Crippen molar-refractivity contribution in [2.24, 2.45) is 5.92 Å². The molecule has 208 valence electrons. The van der Waals surface area contributed by atoms with Crippen LogP contribution >= 0.6 is 0 Å². The molecule has 4 aromatic rings. The summed E-state index contributed by atoms with van der Waals surface area (Å²) in [6.45, 7) is -0.581. The van der Waals surface area contributed by atoms with E-state index < -0.39 is 29.3 Å². The Morgan fingerprint density at radius 3 is 2.49 bits per heavy atom. The van der Waals surface area contributed by atoms with E-state index in [4.69, 9.17) is 14.2 Å². The number of amides is 2. The molecule has 0 aromatic heterocycles. The van der Waals surface area contributed by atoms with Crippen LogP contribution in [0.4, 0.5) is 17.1 Å². The lowest BCUT2D eigenvalue weighted by atomic mass is 10.1. The largest absolute Gasteiger partial charge is 0.497 e. The molecule has 1 atom stereocenters. The number of benzene rings is 4. The van der Waals surface area contributed by atoms with E-state index in [1.807, 2.05) is 42.5 Å². The van der Waals surface area contributed by atoms with Gasteiger partial charge in [0.25, 0.3) is 11.6 Å². The van der Waals surface area contributed by atoms with Gasteiger partial charge >= 0.3 is 5.97 Å². The minimum absolute atomic E-state index is 0.0733. The molecule has 1 heterocycles. The van der Waals surface area contributed by atoms with Crippen LogP contribution in [0, 0.1) is 16.0 Å². The van der Waals surface area contributed by atoms with Crippen LogP contribution in [0.1, 0.15) is 6.42 Å². The number of rotatable bonds is 9. The maximum Gasteiger partial charge on any atom is 0.311 e. The molecule has 0 aliphatic carbocycles. The summed E-state index contributed by atoms with van der Waals surface area (Å²) in [6.07, 6.45) is -0.0733. The second kappa shape index (κ2) is 11.7. The first-order chi connectivity index (χ1) is 19.8. The number of nitrogens with zero attached hydrogens (tertiary/aromatic N) is 2. The molecule has 4 aromatic carbocycles. The zero-order valence-corrected chi connectivity index (χ0v) is 21.9. The van der Waals surface area contributed by atoms with Crippen LogP contribution in [0.2, 0.25) is 0 Å². The highest BCUT2D eigenvalue weighted by molar-refractivity contribution is 6.00. The summed E-state index contributed by atoms with van der Waals surface area (Å²) in [4.78, 5) is 49.8. The Balaban J connectivity index is 1.17. The Bertz CT molecular complexity index is 1630. The van der Waals surface area contributed by atoms with E-state index in [-0.39, 0.29) is 30.2 Å². The monoisotopic (exact) mass is 555 g/mol. The highest BCUT2D eigenvalue weighted by Gasteiger charge is 2.36. The number of hydrogen-bond donors (Lipinski definition) is 1. The molecule has 1 N–H and O–H groups in total. The summed E-state index contributed by atoms with van der Waals surface area (Å²) in [7, 11) is 1.38. The van der Waals surface area contributed by atoms with Crippen molar-refractivity contribution in [1.29, 1.82) is 0 Å². The van der Waals surface area contributed by atoms with Gasteiger partial charge in [-0.15, -0.1) is 0 Å². The van der Waals surface area contributed by atoms with Gasteiger partial charge in [-0.3, -0.25) is 24.5 Å². The average Bonchev–Trinajstić information content (AvgIpc) is 3.37. The fraction of sp³-hybridized carbons (Fsp3) is 0.167. The Labute approximate surface area is 234 Å². The molecule has 0 radical (unpaired) electrons. The first-order valence-corrected chi connectivity index (χ1v) is 12.7. The van der Waals surface area contributed by atoms with E-state index in [0.29, 0.717) is 22.9 Å². The number of anilines is 2. The molecule has 0 unspecified atom stereocenters. The van der Waals surface area contributed by atoms with Gasteiger partial charge < -0.3 is 24.4 Å². The Hall–Kier alpha value is -5.45. The molecular formula is C30H25N3O8. The van der Waals surface area contributed by atoms with Crippen LogP contribution in [-0.2, 0) is 19.1 Å². The van der Waals surface area contributed by atoms with Crippen LogP contribution < -0.4 is 19.7 Å². The molecule has 11 heteroatoms. The number of fused-ring (bicyclic) bond motifs is 1. The fourth-order valence-electron chi connectivity index (χ4n) is 4.56. The minimum atomic E-state index is -0.770. The van der Waals surface area contributed by atoms with Gasteiger partial charge in [0.1, 0.15) is 22.9 Å². The number of ether oxygens (including phenoxy) is 3. The third-order valence-corrected chi connectivity index (χ3v) is 6.60. The van der Waals surface area contributed by atoms with Gasteiger partial charge in [0.05, 0.1) is 18.0 Å². The van der Waals surface area contributed by atoms with Gasteiger partial charge in [-0.2, -0.15) is 0 Å². The zero-order valence-electron chi connectivity index (χ0n) is 21.9. The van der Waals surface area contributed by atoms with Crippen LogP contribution in [0.3, 0.4) is 0 Å². The standard InChI is InChI=1S/C30H25N3O8/c1-39-23-13-14-26(33(37)38)25(16-23)31-28(34)18-40-30(36)20-15-29(35)32(17-20)21-9-11-22(12-10-21)41-27-8-4-6-19-5-2-3-7-24(19)27/h2-14,16,20H,15,17-18H2,1H3,(H,31,34)/t20-/m0/s1. The van der Waals surface area contributed by atoms with E-state index in [1.165, 1.54) is 30.2 Å². The molecule has 0 spiro atoms. The predicted octanol–water partition coefficient (Wildman–Crippen LogP) is 5.08. The maximum atomic E-state index is 12.7. The van der Waals surface area contributed by atoms with E-state index in [9.17, 15) is 24.5 Å². The van der Waals surface area contributed by atoms with Gasteiger partial charge in [-0.1, -0.05) is 36.4 Å². The van der Waals surface area contributed by atoms with Crippen LogP contribution in [-0.4, -0.2) is 43.0 Å². The Morgan fingerprint density at radius 2 is 1.73 bits per heavy atom. The lowest BCUT2D eigenvalue weighted by Crippen LogP contribution is -2.28. The van der Waals surface area contributed by atoms with Gasteiger partial charge in [0.2, 0.25) is 5.91 Å². The third-order valence-electron chi connectivity index (χ3n) is 6.60. The first-order valence-electron chi connectivity index (χ1n) is 12.7. The molecule has 1 aliphatic rings. The smallest absolute Gasteiger partial charge is 0.311 e. The Morgan fingerprint density at radius 1 is 1.00 bits per heavy atom. The number of carbonyl (C=O) groups excluding carboxylic acids is 3. The van der Waals surface area contributed by atoms with Crippen molar-refractivity contribution in [2.75, 3.05) is 30.5 Å². The normalized spacial score (nSPS) is 14.5. The third kappa shape index (κ3) is 6.09. The van der Waals surface area contributed by atoms with Crippen molar-refractivity contribution in [2.45, 2.75) is 6.42 Å². The second-order valence-electron chi connectivity index (χ2n) is 9.27. The highest BCUT2D eigenvalue weighted by Crippen LogP contribution is 2.33. The van der Waals surface area contributed by atoms with E-state index in [2.05, 4.69) is 5.32 Å². The highest BCUT2D eigenvalue weighted by atomic mass is 16.6. The quantitative estimate of drug-likeness (QED) is 0.171. The van der Waals surface area contributed by atoms with Crippen molar-refractivity contribution < 1.29 is 33.5 Å². The van der Waals surface area contributed by atoms with E-state index in [0.717, 1.165) is 10.8 Å². The lowest BCUT2D eigenvalue weighted by Gasteiger charge is -2.17. The number of nitro benzene ring substituents is 1. The van der Waals surface area contributed by atoms with Gasteiger partial charge in [0, 0.05) is 36.2 Å². The van der Waals surface area contributed by atoms with E-state index in [1.54, 1.807) is 24.3 Å². The van der Waals surface area contributed by atoms with Gasteiger partial charge in [-0.05, 0) is 41.8 Å². The molecule has 1 aliphatic heterocycles. The summed E-state index contributed by atoms with van der Waals surface area (Å²) < 4.78 is 16.2. The number of nitrogens with one attached hydrogen (secondary N) is 1. The number of esters is 1. The molecular weight excluding hydrogens is 530 g/mol. The fourth-order valence-corrected chi connectivity index (χ4v) is 4.56. The molecule has 0 saturated carbocycles. The van der Waals surface area contributed by atoms with Crippen LogP contribution in [0.25, 0.3) is 10.8 Å². The van der Waals surface area contributed by atoms with Crippen molar-refractivity contribution in [3.05, 3.63) is 95.0 Å². The number of hydrogen-bond acceptors (Lipinski definition) is 8. The molecule has 1 fully saturated rings. The van der Waals surface area contributed by atoms with Crippen molar-refractivity contribution in [1.82, 2.24) is 0 Å².